The second-order valence-corrected chi connectivity index (χ2v) is 4.82. The molecule has 0 amide bonds. The van der Waals surface area contributed by atoms with Crippen LogP contribution in [0.2, 0.25) is 0 Å². The topological polar surface area (TPSA) is 40.5 Å². The molecule has 18 heavy (non-hydrogen) atoms. The Hall–Kier alpha value is -1.64. The molecule has 0 unspecified atom stereocenters. The summed E-state index contributed by atoms with van der Waals surface area (Å²) in [5, 5.41) is 18.8. The van der Waals surface area contributed by atoms with Gasteiger partial charge in [0.15, 0.2) is 0 Å². The fourth-order valence-corrected chi connectivity index (χ4v) is 2.58. The van der Waals surface area contributed by atoms with Gasteiger partial charge in [-0.05, 0) is 40.7 Å². The highest BCUT2D eigenvalue weighted by Crippen LogP contribution is 2.33. The second kappa shape index (κ2) is 4.56. The lowest BCUT2D eigenvalue weighted by Gasteiger charge is -2.07. The van der Waals surface area contributed by atoms with Gasteiger partial charge in [0.25, 0.3) is 0 Å². The molecule has 0 fully saturated rings. The molecule has 0 aliphatic heterocycles. The van der Waals surface area contributed by atoms with E-state index in [9.17, 15) is 5.11 Å². The van der Waals surface area contributed by atoms with Crippen molar-refractivity contribution in [3.05, 3.63) is 59.2 Å². The molecular formula is C16H16O2. The van der Waals surface area contributed by atoms with Crippen LogP contribution < -0.4 is 0 Å². The van der Waals surface area contributed by atoms with Gasteiger partial charge in [0.2, 0.25) is 0 Å². The molecule has 2 nitrogen and oxygen atoms in total. The fourth-order valence-electron chi connectivity index (χ4n) is 2.58. The van der Waals surface area contributed by atoms with Gasteiger partial charge in [-0.15, -0.1) is 0 Å². The summed E-state index contributed by atoms with van der Waals surface area (Å²) < 4.78 is 0. The van der Waals surface area contributed by atoms with Crippen molar-refractivity contribution in [3.8, 4) is 11.1 Å². The molecule has 2 aromatic carbocycles. The summed E-state index contributed by atoms with van der Waals surface area (Å²) in [5.41, 5.74) is 5.58. The van der Waals surface area contributed by atoms with Crippen molar-refractivity contribution < 1.29 is 10.2 Å². The lowest BCUT2D eigenvalue weighted by molar-refractivity contribution is 0.180. The lowest BCUT2D eigenvalue weighted by atomic mass is 9.99. The fraction of sp³-hybridized carbons (Fsp3) is 0.250. The van der Waals surface area contributed by atoms with Crippen LogP contribution in [0.4, 0.5) is 0 Å². The molecule has 2 heteroatoms. The number of rotatable bonds is 2. The second-order valence-electron chi connectivity index (χ2n) is 4.82. The van der Waals surface area contributed by atoms with Crippen molar-refractivity contribution in [1.82, 2.24) is 0 Å². The molecule has 92 valence electrons. The van der Waals surface area contributed by atoms with Crippen molar-refractivity contribution in [2.75, 3.05) is 0 Å². The minimum absolute atomic E-state index is 0.0800. The number of aliphatic hydroxyl groups is 2. The van der Waals surface area contributed by atoms with E-state index in [2.05, 4.69) is 12.1 Å². The molecule has 0 saturated carbocycles. The van der Waals surface area contributed by atoms with Crippen LogP contribution in [0.5, 0.6) is 0 Å². The maximum Gasteiger partial charge on any atom is 0.0795 e. The van der Waals surface area contributed by atoms with E-state index in [-0.39, 0.29) is 12.7 Å². The van der Waals surface area contributed by atoms with E-state index in [0.717, 1.165) is 29.5 Å². The van der Waals surface area contributed by atoms with Crippen LogP contribution in [0.1, 0.15) is 29.2 Å². The summed E-state index contributed by atoms with van der Waals surface area (Å²) in [6.45, 7) is 0.0800. The highest BCUT2D eigenvalue weighted by Gasteiger charge is 2.20. The van der Waals surface area contributed by atoms with Crippen LogP contribution in [0.3, 0.4) is 0 Å². The number of aryl methyl sites for hydroxylation is 1. The van der Waals surface area contributed by atoms with Crippen molar-refractivity contribution >= 4 is 0 Å². The van der Waals surface area contributed by atoms with Gasteiger partial charge >= 0.3 is 0 Å². The number of benzene rings is 2. The maximum atomic E-state index is 9.78. The van der Waals surface area contributed by atoms with Gasteiger partial charge in [-0.1, -0.05) is 42.5 Å². The van der Waals surface area contributed by atoms with Crippen molar-refractivity contribution in [3.63, 3.8) is 0 Å². The SMILES string of the molecule is OCc1ccc(-c2ccc3c(c2)CC[C@@H]3O)cc1. The summed E-state index contributed by atoms with van der Waals surface area (Å²) in [6.07, 6.45) is 1.51. The zero-order valence-corrected chi connectivity index (χ0v) is 10.1. The Kier molecular flexibility index (Phi) is 2.90. The molecule has 3 rings (SSSR count). The first-order valence-corrected chi connectivity index (χ1v) is 6.29. The largest absolute Gasteiger partial charge is 0.392 e. The molecule has 1 atom stereocenters. The zero-order chi connectivity index (χ0) is 12.5. The van der Waals surface area contributed by atoms with Gasteiger partial charge in [0, 0.05) is 0 Å². The molecule has 0 spiro atoms. The van der Waals surface area contributed by atoms with E-state index in [1.165, 1.54) is 11.1 Å². The van der Waals surface area contributed by atoms with Crippen molar-refractivity contribution in [2.24, 2.45) is 0 Å². The van der Waals surface area contributed by atoms with E-state index >= 15 is 0 Å². The Bertz CT molecular complexity index is 558. The molecule has 0 bridgehead atoms. The van der Waals surface area contributed by atoms with Gasteiger partial charge in [-0.25, -0.2) is 0 Å². The molecule has 0 aromatic heterocycles. The number of fused-ring (bicyclic) bond motifs is 1. The average molecular weight is 240 g/mol. The molecule has 0 saturated heterocycles. The van der Waals surface area contributed by atoms with Crippen molar-refractivity contribution in [1.29, 1.82) is 0 Å². The Morgan fingerprint density at radius 3 is 2.44 bits per heavy atom. The third kappa shape index (κ3) is 1.94. The summed E-state index contributed by atoms with van der Waals surface area (Å²) in [6, 6.07) is 14.2. The van der Waals surface area contributed by atoms with Crippen LogP contribution >= 0.6 is 0 Å². The third-order valence-corrected chi connectivity index (χ3v) is 3.66. The minimum atomic E-state index is -0.286. The monoisotopic (exact) mass is 240 g/mol. The van der Waals surface area contributed by atoms with Gasteiger partial charge in [-0.2, -0.15) is 0 Å². The first-order chi connectivity index (χ1) is 8.78. The van der Waals surface area contributed by atoms with E-state index < -0.39 is 0 Å². The third-order valence-electron chi connectivity index (χ3n) is 3.66. The standard InChI is InChI=1S/C16H16O2/c17-10-11-1-3-12(4-2-11)13-5-7-15-14(9-13)6-8-16(15)18/h1-5,7,9,16-18H,6,8,10H2/t16-/m0/s1. The van der Waals surface area contributed by atoms with Crippen LogP contribution in [-0.2, 0) is 13.0 Å². The molecule has 2 N–H and O–H groups in total. The molecule has 0 heterocycles. The highest BCUT2D eigenvalue weighted by molar-refractivity contribution is 5.65. The normalized spacial score (nSPS) is 17.8. The van der Waals surface area contributed by atoms with E-state index in [0.29, 0.717) is 0 Å². The van der Waals surface area contributed by atoms with Crippen molar-refractivity contribution in [2.45, 2.75) is 25.6 Å². The van der Waals surface area contributed by atoms with Crippen LogP contribution in [0, 0.1) is 0 Å². The molecule has 1 aliphatic carbocycles. The molecule has 2 aromatic rings. The Morgan fingerprint density at radius 1 is 1.00 bits per heavy atom. The minimum Gasteiger partial charge on any atom is -0.392 e. The number of aliphatic hydroxyl groups excluding tert-OH is 2. The summed E-state index contributed by atoms with van der Waals surface area (Å²) in [7, 11) is 0. The number of hydrogen-bond acceptors (Lipinski definition) is 2. The maximum absolute atomic E-state index is 9.78. The van der Waals surface area contributed by atoms with Gasteiger partial charge < -0.3 is 10.2 Å². The van der Waals surface area contributed by atoms with E-state index in [1.54, 1.807) is 0 Å². The van der Waals surface area contributed by atoms with Gasteiger partial charge in [0.1, 0.15) is 0 Å². The predicted molar refractivity (Wildman–Crippen MR) is 71.1 cm³/mol. The van der Waals surface area contributed by atoms with Crippen LogP contribution in [0.25, 0.3) is 11.1 Å². The molecular weight excluding hydrogens is 224 g/mol. The smallest absolute Gasteiger partial charge is 0.0795 e. The Balaban J connectivity index is 1.97. The van der Waals surface area contributed by atoms with Gasteiger partial charge in [0.05, 0.1) is 12.7 Å². The highest BCUT2D eigenvalue weighted by atomic mass is 16.3. The summed E-state index contributed by atoms with van der Waals surface area (Å²) >= 11 is 0. The van der Waals surface area contributed by atoms with Gasteiger partial charge in [-0.3, -0.25) is 0 Å². The van der Waals surface area contributed by atoms with E-state index in [4.69, 9.17) is 5.11 Å². The predicted octanol–water partition coefficient (Wildman–Crippen LogP) is 2.83. The average Bonchev–Trinajstić information content (AvgIpc) is 2.80. The first-order valence-electron chi connectivity index (χ1n) is 6.29. The Labute approximate surface area is 107 Å². The zero-order valence-electron chi connectivity index (χ0n) is 10.1. The van der Waals surface area contributed by atoms with Crippen LogP contribution in [0.15, 0.2) is 42.5 Å². The van der Waals surface area contributed by atoms with E-state index in [1.807, 2.05) is 30.3 Å². The molecule has 1 aliphatic rings. The number of hydrogen-bond donors (Lipinski definition) is 2. The lowest BCUT2D eigenvalue weighted by Crippen LogP contribution is -1.90. The quantitative estimate of drug-likeness (QED) is 0.847. The summed E-state index contributed by atoms with van der Waals surface area (Å²) in [4.78, 5) is 0. The van der Waals surface area contributed by atoms with Crippen LogP contribution in [-0.4, -0.2) is 10.2 Å². The molecule has 0 radical (unpaired) electrons. The Morgan fingerprint density at radius 2 is 1.72 bits per heavy atom. The summed E-state index contributed by atoms with van der Waals surface area (Å²) in [5.74, 6) is 0. The first kappa shape index (κ1) is 11.5.